The summed E-state index contributed by atoms with van der Waals surface area (Å²) in [4.78, 5) is 24.9. The zero-order valence-electron chi connectivity index (χ0n) is 12.2. The maximum atomic E-state index is 12.5. The minimum atomic E-state index is -1.12. The molecule has 0 saturated heterocycles. The standard InChI is InChI=1S/C16H17NO4/c1-4-17(13-6-10(2)5-11(3)7-13)15(18)14-8-12(9-21-14)16(19)20/h5-9H,4H2,1-3H3,(H,19,20). The van der Waals surface area contributed by atoms with Crippen molar-refractivity contribution in [3.63, 3.8) is 0 Å². The quantitative estimate of drug-likeness (QED) is 0.937. The van der Waals surface area contributed by atoms with Gasteiger partial charge in [0, 0.05) is 18.3 Å². The van der Waals surface area contributed by atoms with Gasteiger partial charge in [0.25, 0.3) is 5.91 Å². The van der Waals surface area contributed by atoms with Crippen LogP contribution in [0.5, 0.6) is 0 Å². The van der Waals surface area contributed by atoms with Crippen LogP contribution in [-0.2, 0) is 0 Å². The Labute approximate surface area is 122 Å². The zero-order chi connectivity index (χ0) is 15.6. The largest absolute Gasteiger partial charge is 0.478 e. The topological polar surface area (TPSA) is 70.8 Å². The Balaban J connectivity index is 2.35. The van der Waals surface area contributed by atoms with Crippen LogP contribution in [0.4, 0.5) is 5.69 Å². The summed E-state index contributed by atoms with van der Waals surface area (Å²) in [5.41, 5.74) is 2.85. The Hall–Kier alpha value is -2.56. The highest BCUT2D eigenvalue weighted by Crippen LogP contribution is 2.21. The number of furan rings is 1. The van der Waals surface area contributed by atoms with Crippen molar-refractivity contribution in [1.82, 2.24) is 0 Å². The van der Waals surface area contributed by atoms with Crippen molar-refractivity contribution in [2.75, 3.05) is 11.4 Å². The molecule has 0 aliphatic heterocycles. The summed E-state index contributed by atoms with van der Waals surface area (Å²) in [5.74, 6) is -1.45. The van der Waals surface area contributed by atoms with Gasteiger partial charge in [0.2, 0.25) is 0 Å². The lowest BCUT2D eigenvalue weighted by Gasteiger charge is -2.20. The first kappa shape index (κ1) is 14.8. The first-order valence-electron chi connectivity index (χ1n) is 6.64. The van der Waals surface area contributed by atoms with Crippen LogP contribution in [-0.4, -0.2) is 23.5 Å². The van der Waals surface area contributed by atoms with Gasteiger partial charge in [0.05, 0.1) is 5.56 Å². The van der Waals surface area contributed by atoms with E-state index in [-0.39, 0.29) is 17.2 Å². The summed E-state index contributed by atoms with van der Waals surface area (Å²) in [7, 11) is 0. The number of hydrogen-bond acceptors (Lipinski definition) is 3. The van der Waals surface area contributed by atoms with E-state index in [0.717, 1.165) is 23.1 Å². The van der Waals surface area contributed by atoms with Crippen molar-refractivity contribution in [1.29, 1.82) is 0 Å². The number of aryl methyl sites for hydroxylation is 2. The number of carbonyl (C=O) groups is 2. The highest BCUT2D eigenvalue weighted by Gasteiger charge is 2.21. The van der Waals surface area contributed by atoms with E-state index in [2.05, 4.69) is 0 Å². The average Bonchev–Trinajstić information content (AvgIpc) is 2.88. The SMILES string of the molecule is CCN(C(=O)c1cc(C(=O)O)co1)c1cc(C)cc(C)c1. The summed E-state index contributed by atoms with van der Waals surface area (Å²) in [6.07, 6.45) is 1.07. The Bertz CT molecular complexity index is 667. The van der Waals surface area contributed by atoms with Gasteiger partial charge >= 0.3 is 5.97 Å². The van der Waals surface area contributed by atoms with Crippen LogP contribution >= 0.6 is 0 Å². The minimum absolute atomic E-state index is 0.0217. The summed E-state index contributed by atoms with van der Waals surface area (Å²) in [5, 5.41) is 8.88. The summed E-state index contributed by atoms with van der Waals surface area (Å²) >= 11 is 0. The molecule has 0 unspecified atom stereocenters. The van der Waals surface area contributed by atoms with E-state index in [4.69, 9.17) is 9.52 Å². The van der Waals surface area contributed by atoms with Gasteiger partial charge in [-0.05, 0) is 44.0 Å². The van der Waals surface area contributed by atoms with E-state index in [1.165, 1.54) is 6.07 Å². The van der Waals surface area contributed by atoms with Crippen molar-refractivity contribution in [2.45, 2.75) is 20.8 Å². The number of rotatable bonds is 4. The zero-order valence-corrected chi connectivity index (χ0v) is 12.2. The number of anilines is 1. The van der Waals surface area contributed by atoms with Crippen molar-refractivity contribution < 1.29 is 19.1 Å². The smallest absolute Gasteiger partial charge is 0.338 e. The molecule has 5 heteroatoms. The maximum Gasteiger partial charge on any atom is 0.338 e. The molecule has 0 aliphatic carbocycles. The van der Waals surface area contributed by atoms with Gasteiger partial charge in [-0.3, -0.25) is 4.79 Å². The Morgan fingerprint density at radius 1 is 1.14 bits per heavy atom. The van der Waals surface area contributed by atoms with E-state index in [1.807, 2.05) is 39.0 Å². The molecule has 0 atom stereocenters. The van der Waals surface area contributed by atoms with E-state index in [0.29, 0.717) is 6.54 Å². The monoisotopic (exact) mass is 287 g/mol. The first-order chi connectivity index (χ1) is 9.92. The molecule has 0 fully saturated rings. The molecular formula is C16H17NO4. The predicted molar refractivity (Wildman–Crippen MR) is 78.9 cm³/mol. The first-order valence-corrected chi connectivity index (χ1v) is 6.64. The van der Waals surface area contributed by atoms with Gasteiger partial charge in [0.15, 0.2) is 5.76 Å². The van der Waals surface area contributed by atoms with Gasteiger partial charge in [-0.1, -0.05) is 6.07 Å². The summed E-state index contributed by atoms with van der Waals surface area (Å²) in [6, 6.07) is 7.10. The molecule has 0 radical (unpaired) electrons. The van der Waals surface area contributed by atoms with Crippen molar-refractivity contribution in [3.8, 4) is 0 Å². The highest BCUT2D eigenvalue weighted by atomic mass is 16.4. The lowest BCUT2D eigenvalue weighted by atomic mass is 10.1. The van der Waals surface area contributed by atoms with Crippen molar-refractivity contribution >= 4 is 17.6 Å². The van der Waals surface area contributed by atoms with Crippen LogP contribution < -0.4 is 4.90 Å². The summed E-state index contributed by atoms with van der Waals surface area (Å²) in [6.45, 7) is 6.25. The van der Waals surface area contributed by atoms with E-state index < -0.39 is 5.97 Å². The fourth-order valence-corrected chi connectivity index (χ4v) is 2.24. The van der Waals surface area contributed by atoms with E-state index >= 15 is 0 Å². The van der Waals surface area contributed by atoms with Crippen molar-refractivity contribution in [2.24, 2.45) is 0 Å². The van der Waals surface area contributed by atoms with Crippen molar-refractivity contribution in [3.05, 3.63) is 53.0 Å². The molecule has 21 heavy (non-hydrogen) atoms. The van der Waals surface area contributed by atoms with Crippen LogP contribution in [0.25, 0.3) is 0 Å². The van der Waals surface area contributed by atoms with E-state index in [9.17, 15) is 9.59 Å². The van der Waals surface area contributed by atoms with Gasteiger partial charge in [0.1, 0.15) is 6.26 Å². The lowest BCUT2D eigenvalue weighted by molar-refractivity contribution is 0.0696. The molecule has 1 heterocycles. The van der Waals surface area contributed by atoms with Crippen LogP contribution in [0, 0.1) is 13.8 Å². The third-order valence-corrected chi connectivity index (χ3v) is 3.14. The molecule has 2 rings (SSSR count). The number of hydrogen-bond donors (Lipinski definition) is 1. The normalized spacial score (nSPS) is 10.4. The molecular weight excluding hydrogens is 270 g/mol. The van der Waals surface area contributed by atoms with Gasteiger partial charge in [-0.25, -0.2) is 4.79 Å². The predicted octanol–water partition coefficient (Wildman–Crippen LogP) is 3.26. The molecule has 110 valence electrons. The maximum absolute atomic E-state index is 12.5. The van der Waals surface area contributed by atoms with Crippen LogP contribution in [0.3, 0.4) is 0 Å². The Kier molecular flexibility index (Phi) is 4.12. The van der Waals surface area contributed by atoms with Gasteiger partial charge in [-0.2, -0.15) is 0 Å². The number of carbonyl (C=O) groups excluding carboxylic acids is 1. The number of aromatic carboxylic acids is 1. The second-order valence-electron chi connectivity index (χ2n) is 4.90. The fraction of sp³-hybridized carbons (Fsp3) is 0.250. The third kappa shape index (κ3) is 3.13. The average molecular weight is 287 g/mol. The van der Waals surface area contributed by atoms with Crippen LogP contribution in [0.2, 0.25) is 0 Å². The number of amides is 1. The van der Waals surface area contributed by atoms with E-state index in [1.54, 1.807) is 4.90 Å². The fourth-order valence-electron chi connectivity index (χ4n) is 2.24. The third-order valence-electron chi connectivity index (χ3n) is 3.14. The molecule has 0 spiro atoms. The molecule has 1 amide bonds. The molecule has 0 bridgehead atoms. The number of nitrogens with zero attached hydrogens (tertiary/aromatic N) is 1. The molecule has 1 N–H and O–H groups in total. The number of benzene rings is 1. The molecule has 1 aromatic heterocycles. The second kappa shape index (κ2) is 5.83. The summed E-state index contributed by atoms with van der Waals surface area (Å²) < 4.78 is 5.08. The molecule has 0 aliphatic rings. The second-order valence-corrected chi connectivity index (χ2v) is 4.90. The Morgan fingerprint density at radius 3 is 2.24 bits per heavy atom. The van der Waals surface area contributed by atoms with Gasteiger partial charge < -0.3 is 14.4 Å². The molecule has 0 saturated carbocycles. The van der Waals surface area contributed by atoms with Crippen LogP contribution in [0.1, 0.15) is 39.0 Å². The highest BCUT2D eigenvalue weighted by molar-refractivity contribution is 6.05. The Morgan fingerprint density at radius 2 is 1.76 bits per heavy atom. The molecule has 2 aromatic rings. The lowest BCUT2D eigenvalue weighted by Crippen LogP contribution is -2.30. The minimum Gasteiger partial charge on any atom is -0.478 e. The molecule has 1 aromatic carbocycles. The van der Waals surface area contributed by atoms with Gasteiger partial charge in [-0.15, -0.1) is 0 Å². The van der Waals surface area contributed by atoms with Crippen LogP contribution in [0.15, 0.2) is 34.9 Å². The molecule has 5 nitrogen and oxygen atoms in total. The number of carboxylic acids is 1. The number of carboxylic acid groups (broad SMARTS) is 1.